The number of fused-ring (bicyclic) bond motifs is 1. The van der Waals surface area contributed by atoms with E-state index in [2.05, 4.69) is 6.07 Å². The highest BCUT2D eigenvalue weighted by Crippen LogP contribution is 2.33. The SMILES string of the molecule is CSc1ccc2nc(N(CC3CCCO3)C(=O)c3cccc(S(=O)(=O)C(C)C)c3)sc2c1. The molecule has 1 fully saturated rings. The summed E-state index contributed by atoms with van der Waals surface area (Å²) in [5, 5.41) is 0.0293. The normalized spacial score (nSPS) is 16.7. The van der Waals surface area contributed by atoms with E-state index in [4.69, 9.17) is 9.72 Å². The van der Waals surface area contributed by atoms with Crippen molar-refractivity contribution in [3.8, 4) is 0 Å². The Kier molecular flexibility index (Phi) is 6.90. The number of benzene rings is 2. The zero-order chi connectivity index (χ0) is 22.9. The van der Waals surface area contributed by atoms with Crippen LogP contribution in [0.15, 0.2) is 52.3 Å². The topological polar surface area (TPSA) is 76.6 Å². The van der Waals surface area contributed by atoms with Gasteiger partial charge in [0.1, 0.15) is 0 Å². The van der Waals surface area contributed by atoms with Crippen LogP contribution in [0, 0.1) is 0 Å². The Morgan fingerprint density at radius 2 is 2.09 bits per heavy atom. The van der Waals surface area contributed by atoms with E-state index in [1.54, 1.807) is 42.6 Å². The second-order valence-corrected chi connectivity index (χ2v) is 12.4. The van der Waals surface area contributed by atoms with Crippen LogP contribution in [0.2, 0.25) is 0 Å². The predicted molar refractivity (Wildman–Crippen MR) is 131 cm³/mol. The number of ether oxygens (including phenoxy) is 1. The maximum Gasteiger partial charge on any atom is 0.260 e. The van der Waals surface area contributed by atoms with Crippen molar-refractivity contribution < 1.29 is 17.9 Å². The molecule has 3 aromatic rings. The molecule has 1 aromatic heterocycles. The van der Waals surface area contributed by atoms with Gasteiger partial charge in [-0.2, -0.15) is 0 Å². The van der Waals surface area contributed by atoms with Crippen molar-refractivity contribution in [2.24, 2.45) is 0 Å². The lowest BCUT2D eigenvalue weighted by molar-refractivity contribution is 0.0917. The smallest absolute Gasteiger partial charge is 0.260 e. The van der Waals surface area contributed by atoms with Gasteiger partial charge in [-0.05, 0) is 69.3 Å². The molecule has 2 heterocycles. The van der Waals surface area contributed by atoms with E-state index in [0.29, 0.717) is 23.8 Å². The monoisotopic (exact) mass is 490 g/mol. The van der Waals surface area contributed by atoms with Crippen molar-refractivity contribution in [1.29, 1.82) is 0 Å². The molecule has 0 radical (unpaired) electrons. The highest BCUT2D eigenvalue weighted by molar-refractivity contribution is 7.98. The number of hydrogen-bond donors (Lipinski definition) is 0. The van der Waals surface area contributed by atoms with Crippen LogP contribution in [0.5, 0.6) is 0 Å². The minimum absolute atomic E-state index is 0.0599. The fourth-order valence-corrected chi connectivity index (χ4v) is 6.24. The number of carbonyl (C=O) groups excluding carboxylic acids is 1. The van der Waals surface area contributed by atoms with Gasteiger partial charge in [-0.15, -0.1) is 11.8 Å². The molecule has 2 aromatic carbocycles. The summed E-state index contributed by atoms with van der Waals surface area (Å²) in [4.78, 5) is 21.3. The van der Waals surface area contributed by atoms with Gasteiger partial charge in [-0.3, -0.25) is 9.69 Å². The largest absolute Gasteiger partial charge is 0.376 e. The predicted octanol–water partition coefficient (Wildman–Crippen LogP) is 5.03. The van der Waals surface area contributed by atoms with Gasteiger partial charge in [0.2, 0.25) is 0 Å². The molecule has 1 amide bonds. The average molecular weight is 491 g/mol. The third kappa shape index (κ3) is 4.71. The molecule has 1 atom stereocenters. The molecule has 1 aliphatic rings. The lowest BCUT2D eigenvalue weighted by Crippen LogP contribution is -2.37. The second kappa shape index (κ2) is 9.51. The van der Waals surface area contributed by atoms with E-state index >= 15 is 0 Å². The average Bonchev–Trinajstić information content (AvgIpc) is 3.45. The summed E-state index contributed by atoms with van der Waals surface area (Å²) in [6.07, 6.45) is 3.81. The first-order valence-corrected chi connectivity index (χ1v) is 14.1. The number of nitrogens with zero attached hydrogens (tertiary/aromatic N) is 2. The molecule has 6 nitrogen and oxygen atoms in total. The molecule has 0 N–H and O–H groups in total. The van der Waals surface area contributed by atoms with E-state index in [0.717, 1.165) is 28.0 Å². The standard InChI is InChI=1S/C23H26N2O4S3/c1-15(2)32(27,28)19-8-4-6-16(12-19)22(26)25(14-17-7-5-11-29-17)23-24-20-10-9-18(30-3)13-21(20)31-23/h4,6,8-10,12-13,15,17H,5,7,11,14H2,1-3H3. The molecule has 0 spiro atoms. The van der Waals surface area contributed by atoms with Crippen molar-refractivity contribution in [3.05, 3.63) is 48.0 Å². The number of hydrogen-bond acceptors (Lipinski definition) is 7. The van der Waals surface area contributed by atoms with Crippen LogP contribution < -0.4 is 4.90 Å². The molecule has 4 rings (SSSR count). The lowest BCUT2D eigenvalue weighted by atomic mass is 10.2. The molecule has 9 heteroatoms. The van der Waals surface area contributed by atoms with Gasteiger partial charge in [0.15, 0.2) is 15.0 Å². The van der Waals surface area contributed by atoms with Crippen LogP contribution in [0.4, 0.5) is 5.13 Å². The van der Waals surface area contributed by atoms with Crippen LogP contribution in [0.25, 0.3) is 10.2 Å². The first-order valence-electron chi connectivity index (χ1n) is 10.5. The summed E-state index contributed by atoms with van der Waals surface area (Å²) in [5.74, 6) is -0.273. The highest BCUT2D eigenvalue weighted by Gasteiger charge is 2.28. The van der Waals surface area contributed by atoms with Crippen LogP contribution in [0.3, 0.4) is 0 Å². The second-order valence-electron chi connectivity index (χ2n) is 8.00. The molecule has 32 heavy (non-hydrogen) atoms. The Bertz CT molecular complexity index is 1230. The number of thiazole rings is 1. The third-order valence-corrected chi connectivity index (χ3v) is 9.42. The molecule has 170 valence electrons. The molecule has 1 unspecified atom stereocenters. The van der Waals surface area contributed by atoms with Crippen molar-refractivity contribution >= 4 is 54.2 Å². The third-order valence-electron chi connectivity index (χ3n) is 5.50. The van der Waals surface area contributed by atoms with Crippen molar-refractivity contribution in [3.63, 3.8) is 0 Å². The van der Waals surface area contributed by atoms with Gasteiger partial charge in [-0.1, -0.05) is 17.4 Å². The Balaban J connectivity index is 1.73. The lowest BCUT2D eigenvalue weighted by Gasteiger charge is -2.23. The van der Waals surface area contributed by atoms with Crippen LogP contribution >= 0.6 is 23.1 Å². The minimum atomic E-state index is -3.48. The number of anilines is 1. The quantitative estimate of drug-likeness (QED) is 0.433. The molecule has 0 aliphatic carbocycles. The number of rotatable bonds is 7. The highest BCUT2D eigenvalue weighted by atomic mass is 32.2. The molecule has 1 aliphatic heterocycles. The Morgan fingerprint density at radius 3 is 2.78 bits per heavy atom. The van der Waals surface area contributed by atoms with Crippen molar-refractivity contribution in [2.75, 3.05) is 24.3 Å². The summed E-state index contributed by atoms with van der Waals surface area (Å²) >= 11 is 3.12. The zero-order valence-electron chi connectivity index (χ0n) is 18.3. The van der Waals surface area contributed by atoms with Gasteiger partial charge < -0.3 is 4.74 Å². The number of sulfone groups is 1. The van der Waals surface area contributed by atoms with Crippen LogP contribution in [-0.2, 0) is 14.6 Å². The Morgan fingerprint density at radius 1 is 1.28 bits per heavy atom. The molecular formula is C23H26N2O4S3. The Labute approximate surface area is 196 Å². The molecule has 1 saturated heterocycles. The van der Waals surface area contributed by atoms with Crippen molar-refractivity contribution in [2.45, 2.75) is 47.8 Å². The molecular weight excluding hydrogens is 464 g/mol. The van der Waals surface area contributed by atoms with E-state index in [1.165, 1.54) is 23.5 Å². The molecule has 0 bridgehead atoms. The maximum absolute atomic E-state index is 13.6. The van der Waals surface area contributed by atoms with E-state index < -0.39 is 15.1 Å². The first-order chi connectivity index (χ1) is 15.3. The van der Waals surface area contributed by atoms with Crippen LogP contribution in [0.1, 0.15) is 37.0 Å². The molecule has 0 saturated carbocycles. The van der Waals surface area contributed by atoms with Gasteiger partial charge in [0.05, 0.1) is 33.0 Å². The van der Waals surface area contributed by atoms with Gasteiger partial charge in [-0.25, -0.2) is 13.4 Å². The van der Waals surface area contributed by atoms with Gasteiger partial charge in [0.25, 0.3) is 5.91 Å². The zero-order valence-corrected chi connectivity index (χ0v) is 20.7. The summed E-state index contributed by atoms with van der Waals surface area (Å²) in [5.41, 5.74) is 1.16. The summed E-state index contributed by atoms with van der Waals surface area (Å²) in [7, 11) is -3.48. The van der Waals surface area contributed by atoms with E-state index in [1.807, 2.05) is 18.4 Å². The summed E-state index contributed by atoms with van der Waals surface area (Å²) in [6.45, 7) is 4.34. The number of carbonyl (C=O) groups is 1. The van der Waals surface area contributed by atoms with E-state index in [-0.39, 0.29) is 16.9 Å². The number of thioether (sulfide) groups is 1. The van der Waals surface area contributed by atoms with Gasteiger partial charge >= 0.3 is 0 Å². The van der Waals surface area contributed by atoms with Crippen molar-refractivity contribution in [1.82, 2.24) is 4.98 Å². The maximum atomic E-state index is 13.6. The number of amides is 1. The van der Waals surface area contributed by atoms with E-state index in [9.17, 15) is 13.2 Å². The minimum Gasteiger partial charge on any atom is -0.376 e. The van der Waals surface area contributed by atoms with Gasteiger partial charge in [0, 0.05) is 17.1 Å². The fourth-order valence-electron chi connectivity index (χ4n) is 3.61. The number of aromatic nitrogens is 1. The fraction of sp³-hybridized carbons (Fsp3) is 0.391. The van der Waals surface area contributed by atoms with Crippen LogP contribution in [-0.4, -0.2) is 50.1 Å². The Hall–Kier alpha value is -1.94. The summed E-state index contributed by atoms with van der Waals surface area (Å²) in [6, 6.07) is 12.3. The first kappa shape index (κ1) is 23.2. The summed E-state index contributed by atoms with van der Waals surface area (Å²) < 4.78 is 32.1.